The lowest BCUT2D eigenvalue weighted by Crippen LogP contribution is -2.46. The molecule has 2 rings (SSSR count). The molecule has 1 heterocycles. The van der Waals surface area contributed by atoms with E-state index in [0.29, 0.717) is 13.1 Å². The molecule has 1 fully saturated rings. The van der Waals surface area contributed by atoms with Crippen LogP contribution in [0, 0.1) is 0 Å². The maximum atomic E-state index is 11.0. The Hall–Kier alpha value is -0.770. The summed E-state index contributed by atoms with van der Waals surface area (Å²) in [6.07, 6.45) is 0. The van der Waals surface area contributed by atoms with Gasteiger partial charge in [-0.05, 0) is 29.3 Å². The van der Waals surface area contributed by atoms with Crippen LogP contribution in [0.2, 0.25) is 5.02 Å². The predicted octanol–water partition coefficient (Wildman–Crippen LogP) is 2.82. The molecule has 0 bridgehead atoms. The standard InChI is InChI=1S/C12H14Cl2N2O/c13-11-3-1-10(2-4-11)9-15-5-7-16(8-6-15)12(14)17/h1-4H,5-9H2. The summed E-state index contributed by atoms with van der Waals surface area (Å²) in [5.74, 6) is 0. The average molecular weight is 273 g/mol. The Labute approximate surface area is 111 Å². The number of amides is 1. The molecule has 92 valence electrons. The lowest BCUT2D eigenvalue weighted by Gasteiger charge is -2.33. The largest absolute Gasteiger partial charge is 0.327 e. The first kappa shape index (κ1) is 12.7. The molecule has 17 heavy (non-hydrogen) atoms. The molecule has 0 atom stereocenters. The second kappa shape index (κ2) is 5.71. The summed E-state index contributed by atoms with van der Waals surface area (Å²) in [6, 6.07) is 7.85. The summed E-state index contributed by atoms with van der Waals surface area (Å²) >= 11 is 11.3. The molecule has 0 N–H and O–H groups in total. The van der Waals surface area contributed by atoms with Crippen LogP contribution in [-0.4, -0.2) is 41.3 Å². The van der Waals surface area contributed by atoms with Crippen LogP contribution < -0.4 is 0 Å². The smallest absolute Gasteiger partial charge is 0.316 e. The van der Waals surface area contributed by atoms with E-state index < -0.39 is 0 Å². The number of benzene rings is 1. The van der Waals surface area contributed by atoms with Gasteiger partial charge in [0.05, 0.1) is 0 Å². The van der Waals surface area contributed by atoms with Crippen LogP contribution in [0.5, 0.6) is 0 Å². The molecule has 5 heteroatoms. The second-order valence-corrected chi connectivity index (χ2v) is 4.90. The van der Waals surface area contributed by atoms with Gasteiger partial charge in [0, 0.05) is 37.7 Å². The van der Waals surface area contributed by atoms with E-state index in [9.17, 15) is 4.79 Å². The minimum absolute atomic E-state index is 0.351. The second-order valence-electron chi connectivity index (χ2n) is 4.14. The van der Waals surface area contributed by atoms with Gasteiger partial charge in [0.2, 0.25) is 0 Å². The van der Waals surface area contributed by atoms with Crippen molar-refractivity contribution in [2.45, 2.75) is 6.54 Å². The van der Waals surface area contributed by atoms with Gasteiger partial charge >= 0.3 is 5.37 Å². The Morgan fingerprint density at radius 1 is 1.12 bits per heavy atom. The Kier molecular flexibility index (Phi) is 4.26. The molecule has 1 aliphatic rings. The number of carbonyl (C=O) groups is 1. The number of piperazine rings is 1. The predicted molar refractivity (Wildman–Crippen MR) is 69.6 cm³/mol. The van der Waals surface area contributed by atoms with Crippen LogP contribution in [0.15, 0.2) is 24.3 Å². The molecule has 1 amide bonds. The highest BCUT2D eigenvalue weighted by atomic mass is 35.5. The molecule has 0 radical (unpaired) electrons. The van der Waals surface area contributed by atoms with E-state index >= 15 is 0 Å². The highest BCUT2D eigenvalue weighted by Crippen LogP contribution is 2.13. The van der Waals surface area contributed by atoms with Crippen LogP contribution in [-0.2, 0) is 6.54 Å². The van der Waals surface area contributed by atoms with Crippen molar-refractivity contribution in [3.8, 4) is 0 Å². The van der Waals surface area contributed by atoms with Crippen molar-refractivity contribution in [2.75, 3.05) is 26.2 Å². The van der Waals surface area contributed by atoms with Gasteiger partial charge in [0.25, 0.3) is 0 Å². The fraction of sp³-hybridized carbons (Fsp3) is 0.417. The molecule has 0 aromatic heterocycles. The Balaban J connectivity index is 1.85. The fourth-order valence-electron chi connectivity index (χ4n) is 1.93. The average Bonchev–Trinajstić information content (AvgIpc) is 2.33. The van der Waals surface area contributed by atoms with Gasteiger partial charge in [-0.3, -0.25) is 9.69 Å². The summed E-state index contributed by atoms with van der Waals surface area (Å²) in [7, 11) is 0. The summed E-state index contributed by atoms with van der Waals surface area (Å²) < 4.78 is 0. The first-order valence-corrected chi connectivity index (χ1v) is 6.32. The van der Waals surface area contributed by atoms with Crippen molar-refractivity contribution >= 4 is 28.6 Å². The van der Waals surface area contributed by atoms with Crippen LogP contribution in [0.1, 0.15) is 5.56 Å². The number of hydrogen-bond acceptors (Lipinski definition) is 2. The number of nitrogens with zero attached hydrogens (tertiary/aromatic N) is 2. The van der Waals surface area contributed by atoms with E-state index in [4.69, 9.17) is 23.2 Å². The molecule has 0 unspecified atom stereocenters. The molecule has 1 aliphatic heterocycles. The molecule has 1 saturated heterocycles. The molecular formula is C12H14Cl2N2O. The third-order valence-electron chi connectivity index (χ3n) is 2.94. The third kappa shape index (κ3) is 3.60. The summed E-state index contributed by atoms with van der Waals surface area (Å²) in [4.78, 5) is 14.9. The maximum absolute atomic E-state index is 11.0. The van der Waals surface area contributed by atoms with Gasteiger partial charge < -0.3 is 4.90 Å². The lowest BCUT2D eigenvalue weighted by molar-refractivity contribution is 0.148. The topological polar surface area (TPSA) is 23.6 Å². The van der Waals surface area contributed by atoms with Crippen molar-refractivity contribution < 1.29 is 4.79 Å². The Bertz CT molecular complexity index is 386. The van der Waals surface area contributed by atoms with Crippen LogP contribution in [0.25, 0.3) is 0 Å². The first-order chi connectivity index (χ1) is 8.15. The normalized spacial score (nSPS) is 17.2. The quantitative estimate of drug-likeness (QED) is 0.611. The minimum atomic E-state index is -0.351. The lowest BCUT2D eigenvalue weighted by atomic mass is 10.2. The Morgan fingerprint density at radius 2 is 1.71 bits per heavy atom. The fourth-order valence-corrected chi connectivity index (χ4v) is 2.22. The molecule has 0 spiro atoms. The van der Waals surface area contributed by atoms with Crippen LogP contribution >= 0.6 is 23.2 Å². The Morgan fingerprint density at radius 3 is 2.24 bits per heavy atom. The minimum Gasteiger partial charge on any atom is -0.327 e. The van der Waals surface area contributed by atoms with Gasteiger partial charge in [-0.15, -0.1) is 0 Å². The van der Waals surface area contributed by atoms with Gasteiger partial charge in [-0.2, -0.15) is 0 Å². The highest BCUT2D eigenvalue weighted by molar-refractivity contribution is 6.62. The molecule has 3 nitrogen and oxygen atoms in total. The van der Waals surface area contributed by atoms with E-state index in [1.165, 1.54) is 5.56 Å². The molecule has 1 aromatic rings. The molecule has 0 saturated carbocycles. The molecule has 1 aromatic carbocycles. The van der Waals surface area contributed by atoms with E-state index in [0.717, 1.165) is 24.7 Å². The van der Waals surface area contributed by atoms with Crippen molar-refractivity contribution in [1.29, 1.82) is 0 Å². The highest BCUT2D eigenvalue weighted by Gasteiger charge is 2.19. The molecular weight excluding hydrogens is 259 g/mol. The van der Waals surface area contributed by atoms with Crippen molar-refractivity contribution in [1.82, 2.24) is 9.80 Å². The van der Waals surface area contributed by atoms with Crippen LogP contribution in [0.4, 0.5) is 4.79 Å². The van der Waals surface area contributed by atoms with Gasteiger partial charge in [0.1, 0.15) is 0 Å². The number of rotatable bonds is 2. The number of hydrogen-bond donors (Lipinski definition) is 0. The van der Waals surface area contributed by atoms with Gasteiger partial charge in [-0.25, -0.2) is 0 Å². The monoisotopic (exact) mass is 272 g/mol. The SMILES string of the molecule is O=C(Cl)N1CCN(Cc2ccc(Cl)cc2)CC1. The van der Waals surface area contributed by atoms with Crippen molar-refractivity contribution in [2.24, 2.45) is 0 Å². The van der Waals surface area contributed by atoms with Crippen LogP contribution in [0.3, 0.4) is 0 Å². The maximum Gasteiger partial charge on any atom is 0.316 e. The van der Waals surface area contributed by atoms with Gasteiger partial charge in [-0.1, -0.05) is 23.7 Å². The summed E-state index contributed by atoms with van der Waals surface area (Å²) in [6.45, 7) is 4.02. The van der Waals surface area contributed by atoms with E-state index in [2.05, 4.69) is 4.90 Å². The zero-order chi connectivity index (χ0) is 12.3. The third-order valence-corrected chi connectivity index (χ3v) is 3.43. The van der Waals surface area contributed by atoms with Crippen molar-refractivity contribution in [3.63, 3.8) is 0 Å². The van der Waals surface area contributed by atoms with Crippen molar-refractivity contribution in [3.05, 3.63) is 34.9 Å². The van der Waals surface area contributed by atoms with Gasteiger partial charge in [0.15, 0.2) is 0 Å². The first-order valence-electron chi connectivity index (χ1n) is 5.56. The molecule has 0 aliphatic carbocycles. The number of carbonyl (C=O) groups excluding carboxylic acids is 1. The zero-order valence-electron chi connectivity index (χ0n) is 9.40. The zero-order valence-corrected chi connectivity index (χ0v) is 10.9. The van der Waals surface area contributed by atoms with E-state index in [-0.39, 0.29) is 5.37 Å². The van der Waals surface area contributed by atoms with E-state index in [1.807, 2.05) is 24.3 Å². The number of halogens is 2. The van der Waals surface area contributed by atoms with E-state index in [1.54, 1.807) is 4.90 Å². The summed E-state index contributed by atoms with van der Waals surface area (Å²) in [5.41, 5.74) is 1.24. The summed E-state index contributed by atoms with van der Waals surface area (Å²) in [5, 5.41) is 0.405.